The van der Waals surface area contributed by atoms with Crippen LogP contribution in [0.4, 0.5) is 0 Å². The van der Waals surface area contributed by atoms with Gasteiger partial charge in [0.2, 0.25) is 0 Å². The molecule has 0 radical (unpaired) electrons. The predicted molar refractivity (Wildman–Crippen MR) is 125 cm³/mol. The van der Waals surface area contributed by atoms with E-state index >= 15 is 0 Å². The highest BCUT2D eigenvalue weighted by Crippen LogP contribution is 2.63. The molecule has 6 rings (SSSR count). The van der Waals surface area contributed by atoms with Crippen LogP contribution in [0.1, 0.15) is 85.5 Å². The molecule has 4 nitrogen and oxygen atoms in total. The van der Waals surface area contributed by atoms with Gasteiger partial charge in [-0.3, -0.25) is 0 Å². The second-order valence-corrected chi connectivity index (χ2v) is 12.8. The van der Waals surface area contributed by atoms with Gasteiger partial charge in [-0.05, 0) is 93.8 Å². The summed E-state index contributed by atoms with van der Waals surface area (Å²) in [6, 6.07) is 0.155. The first kappa shape index (κ1) is 21.8. The van der Waals surface area contributed by atoms with Gasteiger partial charge in [-0.15, -0.1) is 0 Å². The Hall–Kier alpha value is -0.680. The fraction of sp³-hybridized carbons (Fsp3) is 0.857. The fourth-order valence-corrected chi connectivity index (χ4v) is 9.42. The highest BCUT2D eigenvalue weighted by molar-refractivity contribution is 5.33. The highest BCUT2D eigenvalue weighted by atomic mass is 16.5. The summed E-state index contributed by atoms with van der Waals surface area (Å²) in [6.45, 7) is 10.3. The Balaban J connectivity index is 1.29. The number of nitrogens with zero attached hydrogens (tertiary/aromatic N) is 1. The van der Waals surface area contributed by atoms with Crippen molar-refractivity contribution in [1.29, 1.82) is 0 Å². The topological polar surface area (TPSA) is 52.9 Å². The van der Waals surface area contributed by atoms with Gasteiger partial charge in [-0.2, -0.15) is 5.06 Å². The number of rotatable bonds is 0. The largest absolute Gasteiger partial charge is 0.393 e. The van der Waals surface area contributed by atoms with Crippen molar-refractivity contribution in [3.05, 3.63) is 22.8 Å². The van der Waals surface area contributed by atoms with Crippen LogP contribution in [0.3, 0.4) is 0 Å². The Morgan fingerprint density at radius 2 is 1.97 bits per heavy atom. The molecule has 4 heteroatoms. The molecule has 2 heterocycles. The van der Waals surface area contributed by atoms with Crippen molar-refractivity contribution in [3.8, 4) is 0 Å². The van der Waals surface area contributed by atoms with Gasteiger partial charge in [-0.1, -0.05) is 43.6 Å². The van der Waals surface area contributed by atoms with Crippen molar-refractivity contribution < 1.29 is 15.1 Å². The third-order valence-corrected chi connectivity index (χ3v) is 11.1. The van der Waals surface area contributed by atoms with E-state index < -0.39 is 0 Å². The summed E-state index contributed by atoms with van der Waals surface area (Å²) >= 11 is 0. The second kappa shape index (κ2) is 7.41. The van der Waals surface area contributed by atoms with E-state index in [1.54, 1.807) is 21.8 Å². The Morgan fingerprint density at radius 1 is 1.16 bits per heavy atom. The average Bonchev–Trinajstić information content (AvgIpc) is 3.19. The molecule has 10 atom stereocenters. The van der Waals surface area contributed by atoms with Crippen LogP contribution in [0.25, 0.3) is 0 Å². The van der Waals surface area contributed by atoms with E-state index in [2.05, 4.69) is 33.8 Å². The van der Waals surface area contributed by atoms with Crippen LogP contribution < -0.4 is 0 Å². The van der Waals surface area contributed by atoms with Gasteiger partial charge in [0, 0.05) is 12.5 Å². The van der Waals surface area contributed by atoms with E-state index in [0.29, 0.717) is 23.2 Å². The Morgan fingerprint density at radius 3 is 2.78 bits per heavy atom. The quantitative estimate of drug-likeness (QED) is 0.488. The molecule has 0 aromatic rings. The highest BCUT2D eigenvalue weighted by Gasteiger charge is 2.59. The Kier molecular flexibility index (Phi) is 5.05. The van der Waals surface area contributed by atoms with Crippen LogP contribution in [0.15, 0.2) is 22.8 Å². The van der Waals surface area contributed by atoms with Gasteiger partial charge < -0.3 is 15.1 Å². The summed E-state index contributed by atoms with van der Waals surface area (Å²) in [7, 11) is 0. The normalized spacial score (nSPS) is 53.4. The van der Waals surface area contributed by atoms with E-state index in [4.69, 9.17) is 4.74 Å². The monoisotopic (exact) mass is 441 g/mol. The van der Waals surface area contributed by atoms with E-state index in [9.17, 15) is 10.3 Å². The minimum Gasteiger partial charge on any atom is -0.393 e. The number of fused-ring (bicyclic) bond motifs is 6. The first-order chi connectivity index (χ1) is 15.2. The summed E-state index contributed by atoms with van der Waals surface area (Å²) in [5.41, 5.74) is 5.08. The zero-order chi connectivity index (χ0) is 22.4. The van der Waals surface area contributed by atoms with Crippen molar-refractivity contribution in [2.45, 2.75) is 109 Å². The molecular formula is C28H43NO3. The lowest BCUT2D eigenvalue weighted by Crippen LogP contribution is -2.50. The lowest BCUT2D eigenvalue weighted by atomic mass is 9.56. The Bertz CT molecular complexity index is 850. The number of ether oxygens (including phenoxy) is 1. The third-order valence-electron chi connectivity index (χ3n) is 11.1. The number of hydroxylamine groups is 2. The van der Waals surface area contributed by atoms with Gasteiger partial charge >= 0.3 is 0 Å². The molecule has 2 saturated carbocycles. The van der Waals surface area contributed by atoms with Crippen LogP contribution in [-0.4, -0.2) is 45.8 Å². The smallest absolute Gasteiger partial charge is 0.0768 e. The number of hydrogen-bond donors (Lipinski definition) is 2. The summed E-state index contributed by atoms with van der Waals surface area (Å²) in [6.07, 6.45) is 12.5. The molecule has 4 aliphatic carbocycles. The molecule has 2 N–H and O–H groups in total. The maximum absolute atomic E-state index is 10.8. The molecule has 0 unspecified atom stereocenters. The number of allylic oxidation sites excluding steroid dienone is 2. The first-order valence-corrected chi connectivity index (χ1v) is 13.4. The van der Waals surface area contributed by atoms with Gasteiger partial charge in [0.25, 0.3) is 0 Å². The molecule has 0 aromatic heterocycles. The maximum atomic E-state index is 10.8. The van der Waals surface area contributed by atoms with Crippen molar-refractivity contribution >= 4 is 0 Å². The SMILES string of the molecule is CC1=C2C[C@H]3[C@@H](CC=C4C[C@@H](O)CC[C@@]43C)[C@@H]2CC[C@@]2(C1)O[C@@H]1C[C@H](C)CN(O)[C@H]1[C@H]2C. The lowest BCUT2D eigenvalue weighted by molar-refractivity contribution is -0.178. The average molecular weight is 442 g/mol. The molecule has 2 aliphatic heterocycles. The van der Waals surface area contributed by atoms with Crippen LogP contribution in [0.5, 0.6) is 0 Å². The van der Waals surface area contributed by atoms with Gasteiger partial charge in [-0.25, -0.2) is 0 Å². The maximum Gasteiger partial charge on any atom is 0.0768 e. The Labute approximate surface area is 194 Å². The zero-order valence-electron chi connectivity index (χ0n) is 20.5. The summed E-state index contributed by atoms with van der Waals surface area (Å²) in [5.74, 6) is 3.06. The van der Waals surface area contributed by atoms with Crippen LogP contribution in [-0.2, 0) is 4.74 Å². The van der Waals surface area contributed by atoms with Crippen LogP contribution in [0.2, 0.25) is 0 Å². The molecule has 2 saturated heterocycles. The molecule has 0 bridgehead atoms. The van der Waals surface area contributed by atoms with Gasteiger partial charge in [0.05, 0.1) is 23.9 Å². The molecule has 0 amide bonds. The molecule has 6 aliphatic rings. The van der Waals surface area contributed by atoms with E-state index in [1.165, 1.54) is 19.3 Å². The van der Waals surface area contributed by atoms with E-state index in [-0.39, 0.29) is 23.9 Å². The standard InChI is InChI=1S/C28H43NO3/c1-16-11-25-26(29(31)15-16)18(3)28(32-25)10-8-21-22-6-5-19-12-20(30)7-9-27(19,4)24(22)13-23(21)17(2)14-28/h5,16,18,20-22,24-26,30-31H,6-15H2,1-4H3/t16-,18+,20-,21-,22-,24-,25+,26-,27-,28-/m0/s1. The molecule has 178 valence electrons. The van der Waals surface area contributed by atoms with Gasteiger partial charge in [0.1, 0.15) is 0 Å². The summed E-state index contributed by atoms with van der Waals surface area (Å²) in [5, 5.41) is 22.6. The first-order valence-electron chi connectivity index (χ1n) is 13.4. The second-order valence-electron chi connectivity index (χ2n) is 12.8. The number of aliphatic hydroxyl groups excluding tert-OH is 1. The van der Waals surface area contributed by atoms with Crippen LogP contribution >= 0.6 is 0 Å². The number of aliphatic hydroxyl groups is 1. The van der Waals surface area contributed by atoms with Crippen molar-refractivity contribution in [2.24, 2.45) is 35.0 Å². The predicted octanol–water partition coefficient (Wildman–Crippen LogP) is 5.49. The summed E-state index contributed by atoms with van der Waals surface area (Å²) in [4.78, 5) is 0. The summed E-state index contributed by atoms with van der Waals surface area (Å²) < 4.78 is 6.94. The number of hydrogen-bond acceptors (Lipinski definition) is 4. The van der Waals surface area contributed by atoms with E-state index in [0.717, 1.165) is 56.9 Å². The minimum atomic E-state index is -0.128. The molecule has 1 spiro atoms. The fourth-order valence-electron chi connectivity index (χ4n) is 9.42. The van der Waals surface area contributed by atoms with E-state index in [1.807, 2.05) is 0 Å². The third kappa shape index (κ3) is 3.01. The molecular weight excluding hydrogens is 398 g/mol. The zero-order valence-corrected chi connectivity index (χ0v) is 20.5. The van der Waals surface area contributed by atoms with Crippen molar-refractivity contribution in [1.82, 2.24) is 5.06 Å². The number of piperidine rings is 1. The molecule has 4 fully saturated rings. The lowest BCUT2D eigenvalue weighted by Gasteiger charge is -2.49. The van der Waals surface area contributed by atoms with Crippen molar-refractivity contribution in [2.75, 3.05) is 6.54 Å². The molecule has 32 heavy (non-hydrogen) atoms. The minimum absolute atomic E-state index is 0.105. The van der Waals surface area contributed by atoms with Gasteiger partial charge in [0.15, 0.2) is 0 Å². The van der Waals surface area contributed by atoms with Crippen LogP contribution in [0, 0.1) is 35.0 Å². The van der Waals surface area contributed by atoms with Crippen molar-refractivity contribution in [3.63, 3.8) is 0 Å². The molecule has 0 aromatic carbocycles.